The molecule has 0 fully saturated rings. The molecule has 0 amide bonds. The fourth-order valence-electron chi connectivity index (χ4n) is 1.79. The van der Waals surface area contributed by atoms with Crippen molar-refractivity contribution >= 4 is 17.7 Å². The maximum Gasteiger partial charge on any atom is 0.191 e. The summed E-state index contributed by atoms with van der Waals surface area (Å²) in [7, 11) is 1.81. The maximum atomic E-state index is 4.24. The van der Waals surface area contributed by atoms with Crippen LogP contribution >= 0.6 is 11.8 Å². The molecule has 0 aliphatic heterocycles. The maximum absolute atomic E-state index is 4.24. The van der Waals surface area contributed by atoms with Crippen LogP contribution in [0.5, 0.6) is 0 Å². The first-order valence-electron chi connectivity index (χ1n) is 6.76. The summed E-state index contributed by atoms with van der Waals surface area (Å²) in [6.45, 7) is 3.93. The molecule has 1 aromatic carbocycles. The van der Waals surface area contributed by atoms with Gasteiger partial charge in [-0.1, -0.05) is 24.3 Å². The number of nitrogens with one attached hydrogen (secondary N) is 2. The van der Waals surface area contributed by atoms with E-state index in [-0.39, 0.29) is 0 Å². The predicted octanol–water partition coefficient (Wildman–Crippen LogP) is 2.80. The van der Waals surface area contributed by atoms with Crippen molar-refractivity contribution in [3.05, 3.63) is 35.4 Å². The van der Waals surface area contributed by atoms with Gasteiger partial charge in [0.15, 0.2) is 5.96 Å². The lowest BCUT2D eigenvalue weighted by atomic mass is 10.1. The Morgan fingerprint density at radius 3 is 2.68 bits per heavy atom. The highest BCUT2D eigenvalue weighted by Crippen LogP contribution is 2.05. The van der Waals surface area contributed by atoms with Gasteiger partial charge in [0.1, 0.15) is 0 Å². The minimum Gasteiger partial charge on any atom is -0.356 e. The van der Waals surface area contributed by atoms with Crippen LogP contribution in [0.25, 0.3) is 0 Å². The van der Waals surface area contributed by atoms with Crippen molar-refractivity contribution in [3.8, 4) is 0 Å². The lowest BCUT2D eigenvalue weighted by Crippen LogP contribution is -2.37. The molecule has 0 atom stereocenters. The Morgan fingerprint density at radius 1 is 1.21 bits per heavy atom. The molecule has 3 nitrogen and oxygen atoms in total. The first-order valence-corrected chi connectivity index (χ1v) is 8.15. The van der Waals surface area contributed by atoms with Crippen molar-refractivity contribution in [2.45, 2.75) is 26.3 Å². The Kier molecular flexibility index (Phi) is 8.14. The first kappa shape index (κ1) is 15.9. The molecular weight excluding hydrogens is 254 g/mol. The van der Waals surface area contributed by atoms with Gasteiger partial charge in [0.25, 0.3) is 0 Å². The van der Waals surface area contributed by atoms with E-state index in [2.05, 4.69) is 53.1 Å². The lowest BCUT2D eigenvalue weighted by molar-refractivity contribution is 0.732. The second-order valence-electron chi connectivity index (χ2n) is 4.48. The van der Waals surface area contributed by atoms with Crippen LogP contribution in [-0.2, 0) is 6.54 Å². The molecule has 106 valence electrons. The summed E-state index contributed by atoms with van der Waals surface area (Å²) in [5, 5.41) is 6.70. The second-order valence-corrected chi connectivity index (χ2v) is 5.46. The van der Waals surface area contributed by atoms with Gasteiger partial charge >= 0.3 is 0 Å². The Balaban J connectivity index is 2.28. The summed E-state index contributed by atoms with van der Waals surface area (Å²) >= 11 is 1.90. The van der Waals surface area contributed by atoms with Gasteiger partial charge in [0.2, 0.25) is 0 Å². The topological polar surface area (TPSA) is 36.4 Å². The Labute approximate surface area is 121 Å². The number of aryl methyl sites for hydroxylation is 1. The third kappa shape index (κ3) is 6.53. The molecule has 2 N–H and O–H groups in total. The molecule has 0 aliphatic rings. The van der Waals surface area contributed by atoms with Crippen LogP contribution in [0.4, 0.5) is 0 Å². The number of guanidine groups is 1. The van der Waals surface area contributed by atoms with Gasteiger partial charge in [-0.15, -0.1) is 0 Å². The smallest absolute Gasteiger partial charge is 0.191 e. The number of benzene rings is 1. The summed E-state index contributed by atoms with van der Waals surface area (Å²) < 4.78 is 0. The van der Waals surface area contributed by atoms with Crippen LogP contribution in [0.2, 0.25) is 0 Å². The predicted molar refractivity (Wildman–Crippen MR) is 87.0 cm³/mol. The summed E-state index contributed by atoms with van der Waals surface area (Å²) in [5.41, 5.74) is 2.62. The van der Waals surface area contributed by atoms with Crippen molar-refractivity contribution in [1.29, 1.82) is 0 Å². The zero-order chi connectivity index (χ0) is 13.9. The molecule has 0 aromatic heterocycles. The minimum absolute atomic E-state index is 0.817. The Hall–Kier alpha value is -1.16. The number of hydrogen-bond donors (Lipinski definition) is 2. The molecule has 0 saturated carbocycles. The number of rotatable bonds is 7. The van der Waals surface area contributed by atoms with Gasteiger partial charge in [0.05, 0.1) is 0 Å². The normalized spacial score (nSPS) is 11.4. The van der Waals surface area contributed by atoms with E-state index in [0.717, 1.165) is 19.0 Å². The summed E-state index contributed by atoms with van der Waals surface area (Å²) in [6.07, 6.45) is 4.59. The van der Waals surface area contributed by atoms with E-state index in [9.17, 15) is 0 Å². The van der Waals surface area contributed by atoms with Gasteiger partial charge in [-0.3, -0.25) is 4.99 Å². The molecule has 0 bridgehead atoms. The first-order chi connectivity index (χ1) is 9.27. The Bertz CT molecular complexity index is 391. The molecule has 4 heteroatoms. The third-order valence-electron chi connectivity index (χ3n) is 3.00. The molecule has 19 heavy (non-hydrogen) atoms. The van der Waals surface area contributed by atoms with E-state index in [1.165, 1.54) is 29.7 Å². The monoisotopic (exact) mass is 279 g/mol. The number of thioether (sulfide) groups is 1. The van der Waals surface area contributed by atoms with Gasteiger partial charge in [-0.05, 0) is 42.9 Å². The molecule has 0 aliphatic carbocycles. The molecule has 0 saturated heterocycles. The van der Waals surface area contributed by atoms with Gasteiger partial charge < -0.3 is 10.6 Å². The van der Waals surface area contributed by atoms with E-state index in [1.54, 1.807) is 0 Å². The summed E-state index contributed by atoms with van der Waals surface area (Å²) in [5.74, 6) is 2.11. The zero-order valence-corrected chi connectivity index (χ0v) is 13.0. The van der Waals surface area contributed by atoms with E-state index in [1.807, 2.05) is 18.8 Å². The van der Waals surface area contributed by atoms with Gasteiger partial charge in [0, 0.05) is 20.1 Å². The standard InChI is InChI=1S/C15H25N3S/c1-13-8-4-5-9-14(13)12-18-15(16-2)17-10-6-7-11-19-3/h4-5,8-9H,6-7,10-12H2,1-3H3,(H2,16,17,18). The molecule has 0 unspecified atom stereocenters. The fraction of sp³-hybridized carbons (Fsp3) is 0.533. The SMILES string of the molecule is CN=C(NCCCCSC)NCc1ccccc1C. The van der Waals surface area contributed by atoms with Gasteiger partial charge in [-0.25, -0.2) is 0 Å². The number of aliphatic imine (C=N–C) groups is 1. The van der Waals surface area contributed by atoms with Crippen LogP contribution < -0.4 is 10.6 Å². The fourth-order valence-corrected chi connectivity index (χ4v) is 2.28. The Morgan fingerprint density at radius 2 is 2.00 bits per heavy atom. The highest BCUT2D eigenvalue weighted by atomic mass is 32.2. The number of unbranched alkanes of at least 4 members (excludes halogenated alkanes) is 1. The minimum atomic E-state index is 0.817. The van der Waals surface area contributed by atoms with E-state index >= 15 is 0 Å². The van der Waals surface area contributed by atoms with Crippen LogP contribution in [0, 0.1) is 6.92 Å². The quantitative estimate of drug-likeness (QED) is 0.458. The lowest BCUT2D eigenvalue weighted by Gasteiger charge is -2.13. The largest absolute Gasteiger partial charge is 0.356 e. The molecule has 0 heterocycles. The molecule has 1 rings (SSSR count). The molecular formula is C15H25N3S. The molecule has 0 spiro atoms. The third-order valence-corrected chi connectivity index (χ3v) is 3.70. The van der Waals surface area contributed by atoms with Gasteiger partial charge in [-0.2, -0.15) is 11.8 Å². The zero-order valence-electron chi connectivity index (χ0n) is 12.2. The number of hydrogen-bond acceptors (Lipinski definition) is 2. The average Bonchev–Trinajstić information content (AvgIpc) is 2.43. The van der Waals surface area contributed by atoms with Crippen molar-refractivity contribution in [2.24, 2.45) is 4.99 Å². The van der Waals surface area contributed by atoms with E-state index in [0.29, 0.717) is 0 Å². The molecule has 0 radical (unpaired) electrons. The second kappa shape index (κ2) is 9.73. The van der Waals surface area contributed by atoms with Crippen molar-refractivity contribution in [3.63, 3.8) is 0 Å². The highest BCUT2D eigenvalue weighted by molar-refractivity contribution is 7.98. The van der Waals surface area contributed by atoms with Crippen molar-refractivity contribution < 1.29 is 0 Å². The van der Waals surface area contributed by atoms with E-state index < -0.39 is 0 Å². The molecule has 1 aromatic rings. The summed E-state index contributed by atoms with van der Waals surface area (Å²) in [4.78, 5) is 4.24. The number of nitrogens with zero attached hydrogens (tertiary/aromatic N) is 1. The summed E-state index contributed by atoms with van der Waals surface area (Å²) in [6, 6.07) is 8.42. The van der Waals surface area contributed by atoms with Crippen LogP contribution in [-0.4, -0.2) is 31.6 Å². The average molecular weight is 279 g/mol. The van der Waals surface area contributed by atoms with Crippen molar-refractivity contribution in [2.75, 3.05) is 25.6 Å². The van der Waals surface area contributed by atoms with Crippen LogP contribution in [0.3, 0.4) is 0 Å². The van der Waals surface area contributed by atoms with Crippen LogP contribution in [0.1, 0.15) is 24.0 Å². The van der Waals surface area contributed by atoms with Crippen molar-refractivity contribution in [1.82, 2.24) is 10.6 Å². The highest BCUT2D eigenvalue weighted by Gasteiger charge is 1.99. The van der Waals surface area contributed by atoms with E-state index in [4.69, 9.17) is 0 Å². The van der Waals surface area contributed by atoms with Crippen LogP contribution in [0.15, 0.2) is 29.3 Å².